The Morgan fingerprint density at radius 3 is 2.81 bits per heavy atom. The average Bonchev–Trinajstić information content (AvgIpc) is 2.99. The van der Waals surface area contributed by atoms with Crippen molar-refractivity contribution in [3.8, 4) is 0 Å². The molecule has 0 saturated carbocycles. The normalized spacial score (nSPS) is 14.6. The molecule has 0 radical (unpaired) electrons. The van der Waals surface area contributed by atoms with Crippen LogP contribution in [0.25, 0.3) is 10.9 Å². The van der Waals surface area contributed by atoms with Gasteiger partial charge in [-0.3, -0.25) is 4.79 Å². The fourth-order valence-electron chi connectivity index (χ4n) is 3.40. The number of H-pyrrole nitrogens is 1. The number of nitrogens with zero attached hydrogens (tertiary/aromatic N) is 1. The minimum atomic E-state index is -0.998. The zero-order chi connectivity index (χ0) is 18.3. The number of amides is 1. The van der Waals surface area contributed by atoms with Gasteiger partial charge in [-0.25, -0.2) is 9.18 Å². The fraction of sp³-hybridized carbons (Fsp3) is 0.300. The molecule has 134 valence electrons. The zero-order valence-corrected chi connectivity index (χ0v) is 14.4. The number of fused-ring (bicyclic) bond motifs is 1. The second kappa shape index (κ2) is 6.44. The van der Waals surface area contributed by atoms with Crippen LogP contribution in [0.5, 0.6) is 0 Å². The number of hydrogen-bond acceptors (Lipinski definition) is 3. The summed E-state index contributed by atoms with van der Waals surface area (Å²) >= 11 is 0. The summed E-state index contributed by atoms with van der Waals surface area (Å²) in [7, 11) is 0. The standard InChI is InChI=1S/C20H19FN2O3/c1-12-8-15(7-6-13-9-22-17-5-3-2-4-16(13)17)26-20(25)18(12)19(24)23-10-14(21)11-23/h2-5,8-9,14,22H,6-7,10-11H2,1H3. The molecule has 6 heteroatoms. The highest BCUT2D eigenvalue weighted by Crippen LogP contribution is 2.20. The highest BCUT2D eigenvalue weighted by atomic mass is 19.1. The molecule has 1 aromatic carbocycles. The first kappa shape index (κ1) is 16.6. The van der Waals surface area contributed by atoms with Crippen molar-refractivity contribution in [2.24, 2.45) is 0 Å². The number of hydrogen-bond donors (Lipinski definition) is 1. The number of aromatic amines is 1. The Balaban J connectivity index is 1.53. The first-order valence-corrected chi connectivity index (χ1v) is 8.65. The number of para-hydroxylation sites is 1. The topological polar surface area (TPSA) is 66.3 Å². The van der Waals surface area contributed by atoms with E-state index in [2.05, 4.69) is 11.1 Å². The van der Waals surface area contributed by atoms with Crippen LogP contribution < -0.4 is 5.63 Å². The molecule has 4 rings (SSSR count). The van der Waals surface area contributed by atoms with E-state index in [9.17, 15) is 14.0 Å². The van der Waals surface area contributed by atoms with Gasteiger partial charge in [0.2, 0.25) is 0 Å². The molecule has 3 aromatic rings. The van der Waals surface area contributed by atoms with E-state index >= 15 is 0 Å². The van der Waals surface area contributed by atoms with Crippen LogP contribution in [0.4, 0.5) is 4.39 Å². The number of nitrogens with one attached hydrogen (secondary N) is 1. The lowest BCUT2D eigenvalue weighted by atomic mass is 10.0. The number of benzene rings is 1. The molecule has 1 fully saturated rings. The van der Waals surface area contributed by atoms with Gasteiger partial charge in [-0.15, -0.1) is 0 Å². The highest BCUT2D eigenvalue weighted by molar-refractivity contribution is 5.95. The van der Waals surface area contributed by atoms with Crippen molar-refractivity contribution in [1.82, 2.24) is 9.88 Å². The first-order valence-electron chi connectivity index (χ1n) is 8.65. The molecule has 26 heavy (non-hydrogen) atoms. The summed E-state index contributed by atoms with van der Waals surface area (Å²) < 4.78 is 18.3. The first-order chi connectivity index (χ1) is 12.5. The predicted octanol–water partition coefficient (Wildman–Crippen LogP) is 3.01. The summed E-state index contributed by atoms with van der Waals surface area (Å²) in [4.78, 5) is 29.2. The maximum atomic E-state index is 13.0. The van der Waals surface area contributed by atoms with Crippen LogP contribution in [-0.4, -0.2) is 35.1 Å². The van der Waals surface area contributed by atoms with E-state index in [4.69, 9.17) is 4.42 Å². The second-order valence-electron chi connectivity index (χ2n) is 6.73. The molecule has 1 saturated heterocycles. The summed E-state index contributed by atoms with van der Waals surface area (Å²) in [6, 6.07) is 9.76. The van der Waals surface area contributed by atoms with Gasteiger partial charge in [0.05, 0.1) is 13.1 Å². The SMILES string of the molecule is Cc1cc(CCc2c[nH]c3ccccc23)oc(=O)c1C(=O)N1CC(F)C1. The maximum absolute atomic E-state index is 13.0. The second-order valence-corrected chi connectivity index (χ2v) is 6.73. The molecule has 0 spiro atoms. The Labute approximate surface area is 149 Å². The Kier molecular flexibility index (Phi) is 4.11. The summed E-state index contributed by atoms with van der Waals surface area (Å²) in [6.07, 6.45) is 2.24. The van der Waals surface area contributed by atoms with Crippen molar-refractivity contribution in [3.63, 3.8) is 0 Å². The van der Waals surface area contributed by atoms with Crippen molar-refractivity contribution in [1.29, 1.82) is 0 Å². The predicted molar refractivity (Wildman–Crippen MR) is 96.2 cm³/mol. The van der Waals surface area contributed by atoms with Gasteiger partial charge in [0.25, 0.3) is 5.91 Å². The number of carbonyl (C=O) groups is 1. The van der Waals surface area contributed by atoms with Crippen molar-refractivity contribution in [3.05, 3.63) is 69.4 Å². The molecule has 0 atom stereocenters. The number of carbonyl (C=O) groups excluding carboxylic acids is 1. The summed E-state index contributed by atoms with van der Waals surface area (Å²) in [5, 5.41) is 1.15. The van der Waals surface area contributed by atoms with Gasteiger partial charge in [0.15, 0.2) is 0 Å². The van der Waals surface area contributed by atoms with Gasteiger partial charge < -0.3 is 14.3 Å². The molecular weight excluding hydrogens is 335 g/mol. The number of aryl methyl sites for hydroxylation is 3. The lowest BCUT2D eigenvalue weighted by Gasteiger charge is -2.34. The van der Waals surface area contributed by atoms with Crippen LogP contribution in [0.2, 0.25) is 0 Å². The van der Waals surface area contributed by atoms with Crippen molar-refractivity contribution in [2.75, 3.05) is 13.1 Å². The van der Waals surface area contributed by atoms with Crippen LogP contribution >= 0.6 is 0 Å². The molecule has 0 unspecified atom stereocenters. The molecule has 5 nitrogen and oxygen atoms in total. The number of halogens is 1. The smallest absolute Gasteiger partial charge is 0.349 e. The third-order valence-electron chi connectivity index (χ3n) is 4.85. The Morgan fingerprint density at radius 2 is 2.08 bits per heavy atom. The molecule has 1 aliphatic rings. The average molecular weight is 354 g/mol. The number of rotatable bonds is 4. The van der Waals surface area contributed by atoms with Crippen LogP contribution in [0, 0.1) is 6.92 Å². The maximum Gasteiger partial charge on any atom is 0.349 e. The molecule has 0 aliphatic carbocycles. The minimum absolute atomic E-state index is 0.00717. The third-order valence-corrected chi connectivity index (χ3v) is 4.85. The van der Waals surface area contributed by atoms with E-state index in [1.807, 2.05) is 24.4 Å². The van der Waals surface area contributed by atoms with Crippen LogP contribution in [0.15, 0.2) is 45.7 Å². The summed E-state index contributed by atoms with van der Waals surface area (Å²) in [5.41, 5.74) is 2.15. The van der Waals surface area contributed by atoms with Crippen molar-refractivity contribution >= 4 is 16.8 Å². The third kappa shape index (κ3) is 2.92. The van der Waals surface area contributed by atoms with Crippen LogP contribution in [0.3, 0.4) is 0 Å². The zero-order valence-electron chi connectivity index (χ0n) is 14.4. The van der Waals surface area contributed by atoms with E-state index in [1.165, 1.54) is 4.90 Å². The molecule has 2 aromatic heterocycles. The number of alkyl halides is 1. The van der Waals surface area contributed by atoms with E-state index < -0.39 is 17.7 Å². The summed E-state index contributed by atoms with van der Waals surface area (Å²) in [6.45, 7) is 1.80. The van der Waals surface area contributed by atoms with E-state index in [-0.39, 0.29) is 18.7 Å². The lowest BCUT2D eigenvalue weighted by Crippen LogP contribution is -2.52. The monoisotopic (exact) mass is 354 g/mol. The number of aromatic nitrogens is 1. The van der Waals surface area contributed by atoms with Gasteiger partial charge >= 0.3 is 5.63 Å². The highest BCUT2D eigenvalue weighted by Gasteiger charge is 2.33. The van der Waals surface area contributed by atoms with E-state index in [0.29, 0.717) is 17.7 Å². The largest absolute Gasteiger partial charge is 0.427 e. The summed E-state index contributed by atoms with van der Waals surface area (Å²) in [5.74, 6) is 0.0923. The lowest BCUT2D eigenvalue weighted by molar-refractivity contribution is 0.0395. The Hall–Kier alpha value is -2.89. The molecule has 1 amide bonds. The molecular formula is C20H19FN2O3. The number of likely N-dealkylation sites (tertiary alicyclic amines) is 1. The molecule has 1 aliphatic heterocycles. The van der Waals surface area contributed by atoms with Crippen LogP contribution in [0.1, 0.15) is 27.2 Å². The van der Waals surface area contributed by atoms with Crippen molar-refractivity contribution in [2.45, 2.75) is 25.9 Å². The van der Waals surface area contributed by atoms with Crippen LogP contribution in [-0.2, 0) is 12.8 Å². The molecule has 1 N–H and O–H groups in total. The van der Waals surface area contributed by atoms with Gasteiger partial charge in [0.1, 0.15) is 17.5 Å². The van der Waals surface area contributed by atoms with E-state index in [0.717, 1.165) is 22.9 Å². The Morgan fingerprint density at radius 1 is 1.31 bits per heavy atom. The van der Waals surface area contributed by atoms with Gasteiger partial charge in [-0.05, 0) is 36.6 Å². The van der Waals surface area contributed by atoms with Gasteiger partial charge in [-0.2, -0.15) is 0 Å². The van der Waals surface area contributed by atoms with Gasteiger partial charge in [0, 0.05) is 23.5 Å². The quantitative estimate of drug-likeness (QED) is 0.783. The van der Waals surface area contributed by atoms with Gasteiger partial charge in [-0.1, -0.05) is 18.2 Å². The molecule has 0 bridgehead atoms. The fourth-order valence-corrected chi connectivity index (χ4v) is 3.40. The van der Waals surface area contributed by atoms with Crippen molar-refractivity contribution < 1.29 is 13.6 Å². The Bertz CT molecular complexity index is 1030. The molecule has 3 heterocycles. The van der Waals surface area contributed by atoms with E-state index in [1.54, 1.807) is 13.0 Å². The minimum Gasteiger partial charge on any atom is -0.427 e.